The molecule has 4 aromatic rings. The maximum atomic E-state index is 12.6. The van der Waals surface area contributed by atoms with Crippen molar-refractivity contribution in [3.8, 4) is 17.1 Å². The van der Waals surface area contributed by atoms with Crippen LogP contribution in [0.4, 0.5) is 11.4 Å². The number of ether oxygens (including phenoxy) is 1. The van der Waals surface area contributed by atoms with Gasteiger partial charge in [0.25, 0.3) is 17.4 Å². The number of nitrogens with one attached hydrogen (secondary N) is 1. The molecule has 10 nitrogen and oxygen atoms in total. The van der Waals surface area contributed by atoms with Crippen molar-refractivity contribution in [2.24, 2.45) is 0 Å². The van der Waals surface area contributed by atoms with Gasteiger partial charge in [0.1, 0.15) is 5.69 Å². The van der Waals surface area contributed by atoms with E-state index in [4.69, 9.17) is 16.3 Å². The van der Waals surface area contributed by atoms with Gasteiger partial charge in [0.15, 0.2) is 12.4 Å². The SMILES string of the molecule is O=C(COC(=O)c1nc(-c2ccccc2)n(-c2ccccc2)n1)Nc1ccc(Cl)cc1[N+](=O)[O-]. The fraction of sp³-hybridized carbons (Fsp3) is 0.0435. The van der Waals surface area contributed by atoms with Gasteiger partial charge in [-0.15, -0.1) is 5.10 Å². The Labute approximate surface area is 197 Å². The van der Waals surface area contributed by atoms with Gasteiger partial charge >= 0.3 is 5.97 Å². The van der Waals surface area contributed by atoms with E-state index in [-0.39, 0.29) is 22.2 Å². The van der Waals surface area contributed by atoms with Gasteiger partial charge < -0.3 is 10.1 Å². The number of hydrogen-bond donors (Lipinski definition) is 1. The summed E-state index contributed by atoms with van der Waals surface area (Å²) >= 11 is 5.77. The standard InChI is InChI=1S/C23H16ClN5O5/c24-16-11-12-18(19(13-16)29(32)33)25-20(30)14-34-23(31)21-26-22(15-7-3-1-4-8-15)28(27-21)17-9-5-2-6-10-17/h1-13H,14H2,(H,25,30). The van der Waals surface area contributed by atoms with Gasteiger partial charge in [0.05, 0.1) is 10.6 Å². The van der Waals surface area contributed by atoms with Crippen molar-refractivity contribution in [3.05, 3.63) is 99.8 Å². The minimum absolute atomic E-state index is 0.0757. The van der Waals surface area contributed by atoms with E-state index in [0.717, 1.165) is 11.6 Å². The van der Waals surface area contributed by atoms with E-state index in [9.17, 15) is 19.7 Å². The van der Waals surface area contributed by atoms with Crippen molar-refractivity contribution in [3.63, 3.8) is 0 Å². The van der Waals surface area contributed by atoms with Gasteiger partial charge in [-0.05, 0) is 24.3 Å². The molecule has 0 radical (unpaired) electrons. The molecule has 3 aromatic carbocycles. The quantitative estimate of drug-likeness (QED) is 0.239. The number of carbonyl (C=O) groups excluding carboxylic acids is 2. The summed E-state index contributed by atoms with van der Waals surface area (Å²) in [6.07, 6.45) is 0. The second kappa shape index (κ2) is 9.92. The van der Waals surface area contributed by atoms with Gasteiger partial charge in [-0.3, -0.25) is 14.9 Å². The first-order valence-corrected chi connectivity index (χ1v) is 10.3. The second-order valence-corrected chi connectivity index (χ2v) is 7.35. The highest BCUT2D eigenvalue weighted by Gasteiger charge is 2.22. The highest BCUT2D eigenvalue weighted by molar-refractivity contribution is 6.31. The number of esters is 1. The summed E-state index contributed by atoms with van der Waals surface area (Å²) in [4.78, 5) is 39.6. The molecule has 0 fully saturated rings. The third-order valence-electron chi connectivity index (χ3n) is 4.59. The van der Waals surface area contributed by atoms with E-state index in [1.54, 1.807) is 0 Å². The predicted octanol–water partition coefficient (Wildman–Crippen LogP) is 4.29. The van der Waals surface area contributed by atoms with Crippen LogP contribution in [0.3, 0.4) is 0 Å². The molecule has 0 aliphatic heterocycles. The zero-order valence-electron chi connectivity index (χ0n) is 17.4. The third kappa shape index (κ3) is 5.08. The molecule has 0 saturated heterocycles. The Kier molecular flexibility index (Phi) is 6.60. The highest BCUT2D eigenvalue weighted by atomic mass is 35.5. The maximum absolute atomic E-state index is 12.6. The van der Waals surface area contributed by atoms with Crippen LogP contribution >= 0.6 is 11.6 Å². The van der Waals surface area contributed by atoms with Crippen molar-refractivity contribution in [1.29, 1.82) is 0 Å². The number of nitro groups is 1. The van der Waals surface area contributed by atoms with Gasteiger partial charge in [-0.25, -0.2) is 14.5 Å². The van der Waals surface area contributed by atoms with Crippen LogP contribution in [0.2, 0.25) is 5.02 Å². The number of benzene rings is 3. The first kappa shape index (κ1) is 22.6. The number of amides is 1. The van der Waals surface area contributed by atoms with Crippen molar-refractivity contribution < 1.29 is 19.2 Å². The largest absolute Gasteiger partial charge is 0.450 e. The molecule has 1 heterocycles. The Morgan fingerprint density at radius 1 is 1.03 bits per heavy atom. The maximum Gasteiger partial charge on any atom is 0.378 e. The van der Waals surface area contributed by atoms with E-state index in [0.29, 0.717) is 11.5 Å². The molecule has 34 heavy (non-hydrogen) atoms. The minimum Gasteiger partial charge on any atom is -0.450 e. The molecular weight excluding hydrogens is 462 g/mol. The van der Waals surface area contributed by atoms with Crippen molar-refractivity contribution in [2.45, 2.75) is 0 Å². The van der Waals surface area contributed by atoms with Crippen LogP contribution < -0.4 is 5.32 Å². The van der Waals surface area contributed by atoms with Crippen LogP contribution in [0.25, 0.3) is 17.1 Å². The lowest BCUT2D eigenvalue weighted by molar-refractivity contribution is -0.383. The molecule has 1 amide bonds. The van der Waals surface area contributed by atoms with Gasteiger partial charge in [-0.2, -0.15) is 0 Å². The lowest BCUT2D eigenvalue weighted by Gasteiger charge is -2.06. The Morgan fingerprint density at radius 2 is 1.71 bits per heavy atom. The zero-order valence-corrected chi connectivity index (χ0v) is 18.2. The summed E-state index contributed by atoms with van der Waals surface area (Å²) in [6.45, 7) is -0.695. The van der Waals surface area contributed by atoms with Crippen LogP contribution in [0.5, 0.6) is 0 Å². The van der Waals surface area contributed by atoms with Crippen LogP contribution in [-0.2, 0) is 9.53 Å². The zero-order chi connectivity index (χ0) is 24.1. The van der Waals surface area contributed by atoms with Gasteiger partial charge in [0.2, 0.25) is 0 Å². The normalized spacial score (nSPS) is 10.5. The fourth-order valence-electron chi connectivity index (χ4n) is 3.07. The monoisotopic (exact) mass is 477 g/mol. The molecule has 170 valence electrons. The molecule has 4 rings (SSSR count). The Hall–Kier alpha value is -4.57. The lowest BCUT2D eigenvalue weighted by Crippen LogP contribution is -2.22. The summed E-state index contributed by atoms with van der Waals surface area (Å²) in [5.74, 6) is -1.52. The molecule has 0 atom stereocenters. The highest BCUT2D eigenvalue weighted by Crippen LogP contribution is 2.27. The van der Waals surface area contributed by atoms with Crippen LogP contribution in [0.1, 0.15) is 10.6 Å². The summed E-state index contributed by atoms with van der Waals surface area (Å²) in [5, 5.41) is 17.9. The average molecular weight is 478 g/mol. The van der Waals surface area contributed by atoms with E-state index in [1.807, 2.05) is 60.7 Å². The summed E-state index contributed by atoms with van der Waals surface area (Å²) in [6, 6.07) is 22.1. The molecule has 11 heteroatoms. The fourth-order valence-corrected chi connectivity index (χ4v) is 3.23. The van der Waals surface area contributed by atoms with Gasteiger partial charge in [-0.1, -0.05) is 60.1 Å². The molecule has 0 spiro atoms. The number of halogens is 1. The number of nitrogens with zero attached hydrogens (tertiary/aromatic N) is 4. The van der Waals surface area contributed by atoms with Gasteiger partial charge in [0, 0.05) is 16.7 Å². The molecule has 0 unspecified atom stereocenters. The molecule has 1 N–H and O–H groups in total. The number of para-hydroxylation sites is 1. The minimum atomic E-state index is -0.924. The Morgan fingerprint density at radius 3 is 2.38 bits per heavy atom. The number of nitro benzene ring substituents is 1. The number of aromatic nitrogens is 3. The molecule has 0 aliphatic rings. The number of hydrogen-bond acceptors (Lipinski definition) is 7. The van der Waals surface area contributed by atoms with E-state index in [2.05, 4.69) is 15.4 Å². The number of rotatable bonds is 7. The lowest BCUT2D eigenvalue weighted by atomic mass is 10.2. The topological polar surface area (TPSA) is 129 Å². The first-order valence-electron chi connectivity index (χ1n) is 9.91. The summed E-state index contributed by atoms with van der Waals surface area (Å²) < 4.78 is 6.54. The third-order valence-corrected chi connectivity index (χ3v) is 4.82. The predicted molar refractivity (Wildman–Crippen MR) is 124 cm³/mol. The molecule has 0 aliphatic carbocycles. The van der Waals surface area contributed by atoms with Crippen molar-refractivity contribution in [1.82, 2.24) is 14.8 Å². The van der Waals surface area contributed by atoms with E-state index < -0.39 is 23.4 Å². The summed E-state index contributed by atoms with van der Waals surface area (Å²) in [7, 11) is 0. The molecular formula is C23H16ClN5O5. The average Bonchev–Trinajstić information content (AvgIpc) is 3.30. The van der Waals surface area contributed by atoms with Crippen LogP contribution in [-0.4, -0.2) is 38.2 Å². The number of carbonyl (C=O) groups is 2. The van der Waals surface area contributed by atoms with Crippen molar-refractivity contribution in [2.75, 3.05) is 11.9 Å². The van der Waals surface area contributed by atoms with Crippen molar-refractivity contribution >= 4 is 34.9 Å². The van der Waals surface area contributed by atoms with Crippen LogP contribution in [0.15, 0.2) is 78.9 Å². The molecule has 1 aromatic heterocycles. The Bertz CT molecular complexity index is 1300. The number of anilines is 1. The molecule has 0 bridgehead atoms. The summed E-state index contributed by atoms with van der Waals surface area (Å²) in [5.41, 5.74) is 0.947. The molecule has 0 saturated carbocycles. The first-order chi connectivity index (χ1) is 16.4. The second-order valence-electron chi connectivity index (χ2n) is 6.92. The Balaban J connectivity index is 1.51. The van der Waals surface area contributed by atoms with E-state index in [1.165, 1.54) is 16.8 Å². The van der Waals surface area contributed by atoms with Crippen LogP contribution in [0, 0.1) is 10.1 Å². The smallest absolute Gasteiger partial charge is 0.378 e. The van der Waals surface area contributed by atoms with E-state index >= 15 is 0 Å².